The molecule has 1 aliphatic heterocycles. The molecule has 138 valence electrons. The summed E-state index contributed by atoms with van der Waals surface area (Å²) in [5, 5.41) is 2.41. The Kier molecular flexibility index (Phi) is 5.01. The molecule has 0 radical (unpaired) electrons. The Hall–Kier alpha value is -2.77. The normalized spacial score (nSPS) is 23.5. The van der Waals surface area contributed by atoms with Gasteiger partial charge in [-0.15, -0.1) is 0 Å². The highest BCUT2D eigenvalue weighted by atomic mass is 19.1. The molecule has 3 rings (SSSR count). The van der Waals surface area contributed by atoms with Crippen LogP contribution in [0.4, 0.5) is 14.9 Å². The summed E-state index contributed by atoms with van der Waals surface area (Å²) in [7, 11) is 0. The van der Waals surface area contributed by atoms with Gasteiger partial charge in [-0.05, 0) is 37.0 Å². The van der Waals surface area contributed by atoms with Gasteiger partial charge < -0.3 is 5.32 Å². The van der Waals surface area contributed by atoms with Gasteiger partial charge in [-0.3, -0.25) is 19.3 Å². The number of amides is 5. The zero-order valence-corrected chi connectivity index (χ0v) is 14.4. The van der Waals surface area contributed by atoms with Gasteiger partial charge in [0.15, 0.2) is 0 Å². The Balaban J connectivity index is 1.70. The van der Waals surface area contributed by atoms with Gasteiger partial charge >= 0.3 is 17.8 Å². The minimum atomic E-state index is -0.998. The lowest BCUT2D eigenvalue weighted by atomic mass is 9.85. The summed E-state index contributed by atoms with van der Waals surface area (Å²) in [6.45, 7) is 1.37. The van der Waals surface area contributed by atoms with E-state index < -0.39 is 36.1 Å². The molecule has 1 saturated heterocycles. The van der Waals surface area contributed by atoms with Crippen molar-refractivity contribution in [1.29, 1.82) is 0 Å². The molecular weight excluding hydrogens is 341 g/mol. The number of anilines is 1. The van der Waals surface area contributed by atoms with E-state index in [1.165, 1.54) is 18.2 Å². The van der Waals surface area contributed by atoms with Crippen LogP contribution in [-0.2, 0) is 14.4 Å². The van der Waals surface area contributed by atoms with Crippen LogP contribution in [0.2, 0.25) is 0 Å². The number of rotatable bonds is 4. The second-order valence-electron chi connectivity index (χ2n) is 6.74. The highest BCUT2D eigenvalue weighted by Gasteiger charge is 2.49. The predicted molar refractivity (Wildman–Crippen MR) is 90.4 cm³/mol. The van der Waals surface area contributed by atoms with Crippen LogP contribution in [0.3, 0.4) is 0 Å². The second kappa shape index (κ2) is 7.23. The summed E-state index contributed by atoms with van der Waals surface area (Å²) in [5.74, 6) is -2.97. The molecule has 1 saturated carbocycles. The van der Waals surface area contributed by atoms with Gasteiger partial charge in [0.1, 0.15) is 12.4 Å². The highest BCUT2D eigenvalue weighted by Crippen LogP contribution is 2.31. The maximum Gasteiger partial charge on any atom is 0.334 e. The first kappa shape index (κ1) is 18.0. The largest absolute Gasteiger partial charge is 0.334 e. The van der Waals surface area contributed by atoms with E-state index in [0.29, 0.717) is 11.3 Å². The van der Waals surface area contributed by atoms with E-state index in [1.54, 1.807) is 0 Å². The Morgan fingerprint density at radius 3 is 2.62 bits per heavy atom. The molecule has 26 heavy (non-hydrogen) atoms. The van der Waals surface area contributed by atoms with E-state index in [4.69, 9.17) is 0 Å². The van der Waals surface area contributed by atoms with Crippen molar-refractivity contribution in [3.05, 3.63) is 30.1 Å². The van der Waals surface area contributed by atoms with Gasteiger partial charge in [0.25, 0.3) is 0 Å². The highest BCUT2D eigenvalue weighted by molar-refractivity contribution is 6.45. The fourth-order valence-electron chi connectivity index (χ4n) is 3.54. The minimum absolute atomic E-state index is 0.116. The van der Waals surface area contributed by atoms with Gasteiger partial charge in [-0.25, -0.2) is 14.1 Å². The maximum atomic E-state index is 13.2. The Labute approximate surface area is 150 Å². The summed E-state index contributed by atoms with van der Waals surface area (Å²) in [4.78, 5) is 50.8. The van der Waals surface area contributed by atoms with Crippen LogP contribution < -0.4 is 5.32 Å². The monoisotopic (exact) mass is 361 g/mol. The van der Waals surface area contributed by atoms with Crippen LogP contribution in [0.1, 0.15) is 32.6 Å². The lowest BCUT2D eigenvalue weighted by molar-refractivity contribution is -0.145. The van der Waals surface area contributed by atoms with Crippen LogP contribution in [0, 0.1) is 11.7 Å². The molecule has 0 bridgehead atoms. The van der Waals surface area contributed by atoms with Crippen LogP contribution in [0.15, 0.2) is 24.3 Å². The number of benzene rings is 1. The van der Waals surface area contributed by atoms with Crippen LogP contribution in [-0.4, -0.2) is 46.1 Å². The fraction of sp³-hybridized carbons (Fsp3) is 0.444. The number of imide groups is 2. The summed E-state index contributed by atoms with van der Waals surface area (Å²) in [5.41, 5.74) is 0.207. The van der Waals surface area contributed by atoms with E-state index in [-0.39, 0.29) is 17.6 Å². The third-order valence-electron chi connectivity index (χ3n) is 4.89. The van der Waals surface area contributed by atoms with Gasteiger partial charge in [-0.1, -0.05) is 25.8 Å². The summed E-state index contributed by atoms with van der Waals surface area (Å²) in [6, 6.07) is 4.18. The smallest absolute Gasteiger partial charge is 0.324 e. The van der Waals surface area contributed by atoms with Gasteiger partial charge in [-0.2, -0.15) is 0 Å². The standard InChI is InChI=1S/C18H20FN3O4/c1-11-5-2-3-8-14(11)22-17(25)16(24)21(18(22)26)10-15(23)20-13-7-4-6-12(19)9-13/h4,6-7,9,11,14H,2-3,5,8,10H2,1H3,(H,20,23)/t11-,14+/m1/s1. The second-order valence-corrected chi connectivity index (χ2v) is 6.74. The third-order valence-corrected chi connectivity index (χ3v) is 4.89. The molecule has 1 N–H and O–H groups in total. The van der Waals surface area contributed by atoms with Crippen molar-refractivity contribution in [1.82, 2.24) is 9.80 Å². The molecule has 0 aromatic heterocycles. The molecule has 2 fully saturated rings. The first-order valence-corrected chi connectivity index (χ1v) is 8.63. The average molecular weight is 361 g/mol. The van der Waals surface area contributed by atoms with Gasteiger partial charge in [0.2, 0.25) is 5.91 Å². The first-order valence-electron chi connectivity index (χ1n) is 8.63. The molecular formula is C18H20FN3O4. The van der Waals surface area contributed by atoms with Crippen molar-refractivity contribution in [2.45, 2.75) is 38.6 Å². The van der Waals surface area contributed by atoms with Crippen molar-refractivity contribution in [2.24, 2.45) is 5.92 Å². The SMILES string of the molecule is C[C@@H]1CCCC[C@@H]1N1C(=O)C(=O)N(CC(=O)Nc2cccc(F)c2)C1=O. The average Bonchev–Trinajstić information content (AvgIpc) is 2.79. The summed E-state index contributed by atoms with van der Waals surface area (Å²) >= 11 is 0. The van der Waals surface area contributed by atoms with E-state index in [9.17, 15) is 23.6 Å². The van der Waals surface area contributed by atoms with Gasteiger partial charge in [0, 0.05) is 11.7 Å². The Morgan fingerprint density at radius 1 is 1.19 bits per heavy atom. The van der Waals surface area contributed by atoms with E-state index in [1.807, 2.05) is 6.92 Å². The van der Waals surface area contributed by atoms with E-state index >= 15 is 0 Å². The van der Waals surface area contributed by atoms with E-state index in [2.05, 4.69) is 5.32 Å². The molecule has 7 nitrogen and oxygen atoms in total. The van der Waals surface area contributed by atoms with Crippen molar-refractivity contribution in [2.75, 3.05) is 11.9 Å². The topological polar surface area (TPSA) is 86.8 Å². The van der Waals surface area contributed by atoms with Crippen molar-refractivity contribution < 1.29 is 23.6 Å². The summed E-state index contributed by atoms with van der Waals surface area (Å²) in [6.07, 6.45) is 3.47. The van der Waals surface area contributed by atoms with Crippen molar-refractivity contribution >= 4 is 29.4 Å². The molecule has 1 aliphatic carbocycles. The molecule has 2 aliphatic rings. The summed E-state index contributed by atoms with van der Waals surface area (Å²) < 4.78 is 13.2. The van der Waals surface area contributed by atoms with E-state index in [0.717, 1.165) is 30.2 Å². The first-order chi connectivity index (χ1) is 12.4. The number of carbonyl (C=O) groups excluding carboxylic acids is 4. The lowest BCUT2D eigenvalue weighted by Gasteiger charge is -2.34. The van der Waals surface area contributed by atoms with Crippen LogP contribution in [0.25, 0.3) is 0 Å². The number of carbonyl (C=O) groups is 4. The molecule has 1 aromatic rings. The molecule has 0 spiro atoms. The predicted octanol–water partition coefficient (Wildman–Crippen LogP) is 2.13. The molecule has 2 atom stereocenters. The number of halogens is 1. The van der Waals surface area contributed by atoms with Gasteiger partial charge in [0.05, 0.1) is 0 Å². The lowest BCUT2D eigenvalue weighted by Crippen LogP contribution is -2.46. The molecule has 1 heterocycles. The number of nitrogens with zero attached hydrogens (tertiary/aromatic N) is 2. The minimum Gasteiger partial charge on any atom is -0.324 e. The van der Waals surface area contributed by atoms with Crippen LogP contribution >= 0.6 is 0 Å². The number of hydrogen-bond acceptors (Lipinski definition) is 4. The molecule has 5 amide bonds. The molecule has 0 unspecified atom stereocenters. The molecule has 8 heteroatoms. The zero-order valence-electron chi connectivity index (χ0n) is 14.4. The number of urea groups is 1. The fourth-order valence-corrected chi connectivity index (χ4v) is 3.54. The van der Waals surface area contributed by atoms with Crippen molar-refractivity contribution in [3.8, 4) is 0 Å². The number of nitrogens with one attached hydrogen (secondary N) is 1. The third kappa shape index (κ3) is 3.44. The Morgan fingerprint density at radius 2 is 1.92 bits per heavy atom. The number of hydrogen-bond donors (Lipinski definition) is 1. The quantitative estimate of drug-likeness (QED) is 0.657. The molecule has 1 aromatic carbocycles. The van der Waals surface area contributed by atoms with Crippen LogP contribution in [0.5, 0.6) is 0 Å². The van der Waals surface area contributed by atoms with Crippen molar-refractivity contribution in [3.63, 3.8) is 0 Å². The maximum absolute atomic E-state index is 13.2. The zero-order chi connectivity index (χ0) is 18.8. The Bertz CT molecular complexity index is 767.